The summed E-state index contributed by atoms with van der Waals surface area (Å²) in [6, 6.07) is 0. The van der Waals surface area contributed by atoms with E-state index in [1.165, 1.54) is 12.3 Å². The molecule has 0 aromatic carbocycles. The molecular weight excluding hydrogens is 172 g/mol. The minimum absolute atomic E-state index is 0. The SMILES string of the molecule is Cl.OC[C@H]1OC=C[C@@H](O)[C@@H]1O. The number of hydrogen-bond donors (Lipinski definition) is 3. The zero-order chi connectivity index (χ0) is 7.56. The van der Waals surface area contributed by atoms with Crippen LogP contribution in [-0.2, 0) is 4.74 Å². The molecule has 1 aliphatic heterocycles. The quantitative estimate of drug-likeness (QED) is 0.488. The van der Waals surface area contributed by atoms with Gasteiger partial charge in [-0.15, -0.1) is 12.4 Å². The first-order valence-corrected chi connectivity index (χ1v) is 3.05. The lowest BCUT2D eigenvalue weighted by molar-refractivity contribution is -0.0808. The number of ether oxygens (including phenoxy) is 1. The van der Waals surface area contributed by atoms with Gasteiger partial charge >= 0.3 is 0 Å². The van der Waals surface area contributed by atoms with Crippen LogP contribution < -0.4 is 0 Å². The Hall–Kier alpha value is -0.290. The zero-order valence-corrected chi connectivity index (χ0v) is 6.57. The minimum atomic E-state index is -1.02. The van der Waals surface area contributed by atoms with E-state index in [1.807, 2.05) is 0 Å². The average molecular weight is 183 g/mol. The van der Waals surface area contributed by atoms with Crippen molar-refractivity contribution in [2.24, 2.45) is 0 Å². The first kappa shape index (κ1) is 10.7. The van der Waals surface area contributed by atoms with E-state index in [-0.39, 0.29) is 19.0 Å². The van der Waals surface area contributed by atoms with E-state index in [0.29, 0.717) is 0 Å². The average Bonchev–Trinajstić information content (AvgIpc) is 1.95. The highest BCUT2D eigenvalue weighted by atomic mass is 35.5. The molecule has 0 aromatic rings. The molecular formula is C6H11ClO4. The van der Waals surface area contributed by atoms with E-state index >= 15 is 0 Å². The van der Waals surface area contributed by atoms with Gasteiger partial charge in [0, 0.05) is 0 Å². The van der Waals surface area contributed by atoms with Gasteiger partial charge in [-0.05, 0) is 6.08 Å². The fourth-order valence-corrected chi connectivity index (χ4v) is 0.792. The van der Waals surface area contributed by atoms with Crippen LogP contribution in [-0.4, -0.2) is 40.2 Å². The van der Waals surface area contributed by atoms with Crippen molar-refractivity contribution in [3.05, 3.63) is 12.3 Å². The molecule has 3 N–H and O–H groups in total. The molecule has 4 nitrogen and oxygen atoms in total. The highest BCUT2D eigenvalue weighted by Gasteiger charge is 2.27. The summed E-state index contributed by atoms with van der Waals surface area (Å²) in [6.07, 6.45) is -0.0318. The summed E-state index contributed by atoms with van der Waals surface area (Å²) >= 11 is 0. The van der Waals surface area contributed by atoms with Crippen LogP contribution in [0.15, 0.2) is 12.3 Å². The van der Waals surface area contributed by atoms with Crippen molar-refractivity contribution in [1.82, 2.24) is 0 Å². The van der Waals surface area contributed by atoms with Crippen LogP contribution in [0, 0.1) is 0 Å². The number of hydrogen-bond acceptors (Lipinski definition) is 4. The summed E-state index contributed by atoms with van der Waals surface area (Å²) in [7, 11) is 0. The maximum absolute atomic E-state index is 9.05. The zero-order valence-electron chi connectivity index (χ0n) is 5.75. The highest BCUT2D eigenvalue weighted by Crippen LogP contribution is 2.10. The van der Waals surface area contributed by atoms with Gasteiger partial charge < -0.3 is 20.1 Å². The van der Waals surface area contributed by atoms with Gasteiger partial charge in [0.05, 0.1) is 12.9 Å². The maximum Gasteiger partial charge on any atom is 0.149 e. The molecule has 0 aromatic heterocycles. The van der Waals surface area contributed by atoms with Gasteiger partial charge in [0.25, 0.3) is 0 Å². The van der Waals surface area contributed by atoms with Crippen LogP contribution >= 0.6 is 12.4 Å². The molecule has 0 unspecified atom stereocenters. The van der Waals surface area contributed by atoms with Crippen molar-refractivity contribution in [1.29, 1.82) is 0 Å². The van der Waals surface area contributed by atoms with Gasteiger partial charge in [-0.25, -0.2) is 0 Å². The lowest BCUT2D eigenvalue weighted by atomic mass is 10.1. The third kappa shape index (κ3) is 2.34. The van der Waals surface area contributed by atoms with Crippen molar-refractivity contribution in [2.45, 2.75) is 18.3 Å². The summed E-state index contributed by atoms with van der Waals surface area (Å²) in [5.74, 6) is 0. The summed E-state index contributed by atoms with van der Waals surface area (Å²) in [5, 5.41) is 26.6. The maximum atomic E-state index is 9.05. The highest BCUT2D eigenvalue weighted by molar-refractivity contribution is 5.85. The molecule has 0 saturated heterocycles. The van der Waals surface area contributed by atoms with Crippen LogP contribution in [0.5, 0.6) is 0 Å². The number of rotatable bonds is 1. The molecule has 0 fully saturated rings. The number of aliphatic hydroxyl groups is 3. The molecule has 1 heterocycles. The van der Waals surface area contributed by atoms with E-state index in [0.717, 1.165) is 0 Å². The Morgan fingerprint density at radius 2 is 2.00 bits per heavy atom. The second kappa shape index (κ2) is 4.56. The molecule has 0 bridgehead atoms. The molecule has 0 amide bonds. The molecule has 0 spiro atoms. The smallest absolute Gasteiger partial charge is 0.149 e. The fourth-order valence-electron chi connectivity index (χ4n) is 0.792. The Bertz CT molecular complexity index is 139. The number of halogens is 1. The van der Waals surface area contributed by atoms with Crippen molar-refractivity contribution in [3.63, 3.8) is 0 Å². The molecule has 5 heteroatoms. The first-order chi connectivity index (χ1) is 4.75. The largest absolute Gasteiger partial charge is 0.493 e. The molecule has 0 saturated carbocycles. The Morgan fingerprint density at radius 3 is 2.45 bits per heavy atom. The Kier molecular flexibility index (Phi) is 4.44. The number of aliphatic hydroxyl groups excluding tert-OH is 3. The van der Waals surface area contributed by atoms with Crippen LogP contribution in [0.4, 0.5) is 0 Å². The Morgan fingerprint density at radius 1 is 1.36 bits per heavy atom. The van der Waals surface area contributed by atoms with Crippen molar-refractivity contribution in [3.8, 4) is 0 Å². The third-order valence-corrected chi connectivity index (χ3v) is 1.44. The van der Waals surface area contributed by atoms with Crippen LogP contribution in [0.3, 0.4) is 0 Å². The fraction of sp³-hybridized carbons (Fsp3) is 0.667. The van der Waals surface area contributed by atoms with Gasteiger partial charge in [0.15, 0.2) is 0 Å². The van der Waals surface area contributed by atoms with Crippen molar-refractivity contribution < 1.29 is 20.1 Å². The van der Waals surface area contributed by atoms with E-state index < -0.39 is 18.3 Å². The summed E-state index contributed by atoms with van der Waals surface area (Å²) < 4.78 is 4.77. The van der Waals surface area contributed by atoms with Crippen molar-refractivity contribution >= 4 is 12.4 Å². The molecule has 1 aliphatic rings. The standard InChI is InChI=1S/C6H10O4.ClH/c7-3-5-6(9)4(8)1-2-10-5;/h1-2,4-9H,3H2;1H/t4-,5-,6+;/m1./s1. The molecule has 0 radical (unpaired) electrons. The third-order valence-electron chi connectivity index (χ3n) is 1.44. The van der Waals surface area contributed by atoms with Gasteiger partial charge in [-0.1, -0.05) is 0 Å². The summed E-state index contributed by atoms with van der Waals surface area (Å²) in [4.78, 5) is 0. The Balaban J connectivity index is 0.000001000. The minimum Gasteiger partial charge on any atom is -0.493 e. The molecule has 0 aliphatic carbocycles. The van der Waals surface area contributed by atoms with Gasteiger partial charge in [0.1, 0.15) is 18.3 Å². The van der Waals surface area contributed by atoms with E-state index in [2.05, 4.69) is 0 Å². The Labute approximate surface area is 70.5 Å². The van der Waals surface area contributed by atoms with Crippen LogP contribution in [0.25, 0.3) is 0 Å². The van der Waals surface area contributed by atoms with Gasteiger partial charge in [-0.3, -0.25) is 0 Å². The van der Waals surface area contributed by atoms with E-state index in [1.54, 1.807) is 0 Å². The van der Waals surface area contributed by atoms with E-state index in [9.17, 15) is 0 Å². The molecule has 11 heavy (non-hydrogen) atoms. The molecule has 1 rings (SSSR count). The second-order valence-corrected chi connectivity index (χ2v) is 2.17. The predicted molar refractivity (Wildman–Crippen MR) is 40.4 cm³/mol. The van der Waals surface area contributed by atoms with Crippen LogP contribution in [0.1, 0.15) is 0 Å². The summed E-state index contributed by atoms with van der Waals surface area (Å²) in [5.41, 5.74) is 0. The predicted octanol–water partition coefficient (Wildman–Crippen LogP) is -0.965. The van der Waals surface area contributed by atoms with Gasteiger partial charge in [0.2, 0.25) is 0 Å². The van der Waals surface area contributed by atoms with E-state index in [4.69, 9.17) is 20.1 Å². The van der Waals surface area contributed by atoms with Crippen molar-refractivity contribution in [2.75, 3.05) is 6.61 Å². The monoisotopic (exact) mass is 182 g/mol. The lowest BCUT2D eigenvalue weighted by Crippen LogP contribution is -2.42. The molecule has 3 atom stereocenters. The van der Waals surface area contributed by atoms with Gasteiger partial charge in [-0.2, -0.15) is 0 Å². The van der Waals surface area contributed by atoms with Crippen LogP contribution in [0.2, 0.25) is 0 Å². The topological polar surface area (TPSA) is 69.9 Å². The normalized spacial score (nSPS) is 35.7. The second-order valence-electron chi connectivity index (χ2n) is 2.17. The summed E-state index contributed by atoms with van der Waals surface area (Å²) in [6.45, 7) is -0.289. The first-order valence-electron chi connectivity index (χ1n) is 3.05. The lowest BCUT2D eigenvalue weighted by Gasteiger charge is -2.26. The molecule has 66 valence electrons.